The van der Waals surface area contributed by atoms with Crippen LogP contribution in [0.1, 0.15) is 63.7 Å². The molecule has 1 N–H and O–H groups in total. The summed E-state index contributed by atoms with van der Waals surface area (Å²) in [6, 6.07) is 16.6. The van der Waals surface area contributed by atoms with Crippen LogP contribution in [0.15, 0.2) is 65.9 Å². The smallest absolute Gasteiger partial charge is 0.290 e. The Morgan fingerprint density at radius 1 is 1.11 bits per heavy atom. The summed E-state index contributed by atoms with van der Waals surface area (Å²) < 4.78 is 5.95. The van der Waals surface area contributed by atoms with E-state index in [2.05, 4.69) is 11.9 Å². The minimum Gasteiger partial charge on any atom is -0.503 e. The lowest BCUT2D eigenvalue weighted by Crippen LogP contribution is -2.33. The van der Waals surface area contributed by atoms with E-state index in [4.69, 9.17) is 4.74 Å². The van der Waals surface area contributed by atoms with Crippen molar-refractivity contribution in [3.8, 4) is 5.75 Å². The van der Waals surface area contributed by atoms with E-state index < -0.39 is 17.7 Å². The third-order valence-corrected chi connectivity index (χ3v) is 7.40. The number of hydrogen-bond donors (Lipinski definition) is 1. The van der Waals surface area contributed by atoms with E-state index in [1.807, 2.05) is 61.5 Å². The number of Topliss-reactive ketones (excluding diaryl/α,β-unsaturated/α-hetero) is 1. The first-order valence-corrected chi connectivity index (χ1v) is 13.2. The van der Waals surface area contributed by atoms with Gasteiger partial charge in [-0.15, -0.1) is 11.3 Å². The number of unbranched alkanes of at least 4 members (excludes halogenated alkanes) is 2. The first kappa shape index (κ1) is 25.6. The first-order valence-electron chi connectivity index (χ1n) is 12.4. The van der Waals surface area contributed by atoms with Crippen LogP contribution in [0.5, 0.6) is 5.75 Å². The molecule has 0 saturated heterocycles. The van der Waals surface area contributed by atoms with Crippen molar-refractivity contribution in [3.63, 3.8) is 0 Å². The second-order valence-corrected chi connectivity index (χ2v) is 10.2. The summed E-state index contributed by atoms with van der Waals surface area (Å²) in [5.74, 6) is -0.697. The molecule has 0 spiro atoms. The van der Waals surface area contributed by atoms with Gasteiger partial charge in [-0.05, 0) is 49.9 Å². The van der Waals surface area contributed by atoms with Crippen LogP contribution in [0.2, 0.25) is 0 Å². The summed E-state index contributed by atoms with van der Waals surface area (Å²) in [5.41, 5.74) is 2.51. The van der Waals surface area contributed by atoms with Crippen molar-refractivity contribution >= 4 is 23.0 Å². The van der Waals surface area contributed by atoms with E-state index in [-0.39, 0.29) is 11.4 Å². The maximum Gasteiger partial charge on any atom is 0.290 e. The topological polar surface area (TPSA) is 79.7 Å². The summed E-state index contributed by atoms with van der Waals surface area (Å²) in [7, 11) is 0. The number of ether oxygens (including phenoxy) is 1. The molecule has 188 valence electrons. The van der Waals surface area contributed by atoms with Crippen LogP contribution >= 0.6 is 11.3 Å². The second-order valence-electron chi connectivity index (χ2n) is 9.00. The zero-order valence-electron chi connectivity index (χ0n) is 21.0. The van der Waals surface area contributed by atoms with E-state index in [1.165, 1.54) is 11.3 Å². The van der Waals surface area contributed by atoms with Gasteiger partial charge < -0.3 is 14.7 Å². The molecule has 4 rings (SSSR count). The summed E-state index contributed by atoms with van der Waals surface area (Å²) >= 11 is 1.28. The zero-order valence-corrected chi connectivity index (χ0v) is 21.8. The Balaban J connectivity index is 1.69. The van der Waals surface area contributed by atoms with Crippen LogP contribution in [0.25, 0.3) is 0 Å². The Morgan fingerprint density at radius 3 is 2.58 bits per heavy atom. The average Bonchev–Trinajstić information content (AvgIpc) is 3.35. The number of thiazole rings is 1. The number of aliphatic hydroxyl groups excluding tert-OH is 1. The molecule has 0 aliphatic carbocycles. The summed E-state index contributed by atoms with van der Waals surface area (Å²) in [4.78, 5) is 33.4. The van der Waals surface area contributed by atoms with E-state index >= 15 is 0 Å². The fourth-order valence-electron chi connectivity index (χ4n) is 4.54. The highest BCUT2D eigenvalue weighted by atomic mass is 32.1. The zero-order chi connectivity index (χ0) is 25.7. The number of ketones is 1. The van der Waals surface area contributed by atoms with Crippen LogP contribution in [-0.2, 0) is 11.2 Å². The molecule has 0 saturated carbocycles. The van der Waals surface area contributed by atoms with Gasteiger partial charge in [0.2, 0.25) is 5.78 Å². The predicted molar refractivity (Wildman–Crippen MR) is 142 cm³/mol. The lowest BCUT2D eigenvalue weighted by molar-refractivity contribution is -0.129. The van der Waals surface area contributed by atoms with Gasteiger partial charge in [0.25, 0.3) is 5.91 Å². The summed E-state index contributed by atoms with van der Waals surface area (Å²) in [5, 5.41) is 11.7. The molecule has 3 aromatic rings. The molecule has 2 heterocycles. The molecule has 7 heteroatoms. The molecule has 6 nitrogen and oxygen atoms in total. The number of aliphatic hydroxyl groups is 1. The fourth-order valence-corrected chi connectivity index (χ4v) is 5.41. The van der Waals surface area contributed by atoms with E-state index in [0.29, 0.717) is 35.9 Å². The number of hydrogen-bond acceptors (Lipinski definition) is 6. The molecule has 1 amide bonds. The van der Waals surface area contributed by atoms with Gasteiger partial charge in [0, 0.05) is 6.54 Å². The molecule has 1 aromatic heterocycles. The van der Waals surface area contributed by atoms with Gasteiger partial charge in [-0.25, -0.2) is 4.98 Å². The molecule has 36 heavy (non-hydrogen) atoms. The Labute approximate surface area is 216 Å². The molecular weight excluding hydrogens is 472 g/mol. The molecule has 0 bridgehead atoms. The highest BCUT2D eigenvalue weighted by molar-refractivity contribution is 7.14. The highest BCUT2D eigenvalue weighted by Crippen LogP contribution is 2.41. The van der Waals surface area contributed by atoms with Gasteiger partial charge >= 0.3 is 0 Å². The van der Waals surface area contributed by atoms with E-state index in [9.17, 15) is 14.7 Å². The Kier molecular flexibility index (Phi) is 8.21. The van der Waals surface area contributed by atoms with Crippen molar-refractivity contribution in [3.05, 3.63) is 92.6 Å². The van der Waals surface area contributed by atoms with Crippen molar-refractivity contribution in [2.75, 3.05) is 13.2 Å². The van der Waals surface area contributed by atoms with Crippen molar-refractivity contribution in [1.82, 2.24) is 9.88 Å². The van der Waals surface area contributed by atoms with Gasteiger partial charge in [0.05, 0.1) is 33.8 Å². The van der Waals surface area contributed by atoms with Crippen molar-refractivity contribution in [2.24, 2.45) is 0 Å². The first-order chi connectivity index (χ1) is 17.4. The Hall–Kier alpha value is -3.45. The third kappa shape index (κ3) is 5.51. The minimum absolute atomic E-state index is 0.0999. The number of amides is 1. The van der Waals surface area contributed by atoms with Crippen LogP contribution in [0, 0.1) is 13.8 Å². The Morgan fingerprint density at radius 2 is 1.89 bits per heavy atom. The number of carbonyl (C=O) groups excluding carboxylic acids is 2. The fraction of sp³-hybridized carbons (Fsp3) is 0.345. The van der Waals surface area contributed by atoms with Crippen LogP contribution < -0.4 is 4.74 Å². The Bertz CT molecular complexity index is 1270. The normalized spacial score (nSPS) is 15.6. The van der Waals surface area contributed by atoms with Crippen molar-refractivity contribution < 1.29 is 19.4 Å². The standard InChI is InChI=1S/C29H32N2O4S/c1-4-5-9-17-35-23-14-10-13-22(18-23)25-24(26(32)28-19(2)30-20(3)36-28)27(33)29(34)31(25)16-15-21-11-7-6-8-12-21/h6-8,10-14,18,25,33H,4-5,9,15-17H2,1-3H3. The number of aryl methyl sites for hydroxylation is 2. The monoisotopic (exact) mass is 504 g/mol. The molecule has 1 atom stereocenters. The molecule has 0 radical (unpaired) electrons. The predicted octanol–water partition coefficient (Wildman–Crippen LogP) is 6.15. The molecule has 2 aromatic carbocycles. The highest BCUT2D eigenvalue weighted by Gasteiger charge is 2.44. The SMILES string of the molecule is CCCCCOc1cccc(C2C(C(=O)c3sc(C)nc3C)=C(O)C(=O)N2CCc2ccccc2)c1. The average molecular weight is 505 g/mol. The maximum atomic E-state index is 13.7. The van der Waals surface area contributed by atoms with Crippen LogP contribution in [0.3, 0.4) is 0 Å². The summed E-state index contributed by atoms with van der Waals surface area (Å²) in [6.45, 7) is 6.72. The quantitative estimate of drug-likeness (QED) is 0.250. The third-order valence-electron chi connectivity index (χ3n) is 6.33. The van der Waals surface area contributed by atoms with Crippen molar-refractivity contribution in [2.45, 2.75) is 52.5 Å². The molecule has 1 aliphatic rings. The molecule has 1 aliphatic heterocycles. The maximum absolute atomic E-state index is 13.7. The lowest BCUT2D eigenvalue weighted by atomic mass is 9.94. The van der Waals surface area contributed by atoms with E-state index in [0.717, 1.165) is 35.4 Å². The number of rotatable bonds is 11. The minimum atomic E-state index is -0.713. The molecule has 0 fully saturated rings. The summed E-state index contributed by atoms with van der Waals surface area (Å²) in [6.07, 6.45) is 3.76. The van der Waals surface area contributed by atoms with Crippen LogP contribution in [-0.4, -0.2) is 39.8 Å². The number of benzene rings is 2. The van der Waals surface area contributed by atoms with Gasteiger partial charge in [0.1, 0.15) is 5.75 Å². The number of aromatic nitrogens is 1. The van der Waals surface area contributed by atoms with Gasteiger partial charge in [-0.3, -0.25) is 9.59 Å². The van der Waals surface area contributed by atoms with Gasteiger partial charge in [0.15, 0.2) is 5.76 Å². The van der Waals surface area contributed by atoms with Gasteiger partial charge in [-0.2, -0.15) is 0 Å². The number of carbonyl (C=O) groups is 2. The second kappa shape index (κ2) is 11.5. The molecular formula is C29H32N2O4S. The molecule has 1 unspecified atom stereocenters. The van der Waals surface area contributed by atoms with Gasteiger partial charge in [-0.1, -0.05) is 62.2 Å². The largest absolute Gasteiger partial charge is 0.503 e. The van der Waals surface area contributed by atoms with E-state index in [1.54, 1.807) is 11.8 Å². The number of nitrogens with zero attached hydrogens (tertiary/aromatic N) is 2. The lowest BCUT2D eigenvalue weighted by Gasteiger charge is -2.27. The van der Waals surface area contributed by atoms with Crippen LogP contribution in [0.4, 0.5) is 0 Å². The van der Waals surface area contributed by atoms with Crippen molar-refractivity contribution in [1.29, 1.82) is 0 Å².